The molecular formula is C21H19ClN2O4. The Kier molecular flexibility index (Phi) is 5.21. The number of halogens is 1. The topological polar surface area (TPSA) is 64.8 Å². The Balaban J connectivity index is 1.60. The van der Waals surface area contributed by atoms with Crippen LogP contribution >= 0.6 is 11.6 Å². The molecule has 0 atom stereocenters. The quantitative estimate of drug-likeness (QED) is 0.636. The third-order valence-corrected chi connectivity index (χ3v) is 4.78. The van der Waals surface area contributed by atoms with Crippen LogP contribution in [0.2, 0.25) is 5.02 Å². The Hall–Kier alpha value is -2.99. The van der Waals surface area contributed by atoms with E-state index in [9.17, 15) is 4.79 Å². The number of carbonyl (C=O) groups excluding carboxylic acids is 1. The largest absolute Gasteiger partial charge is 0.486 e. The number of amides is 1. The van der Waals surface area contributed by atoms with Crippen molar-refractivity contribution in [2.24, 2.45) is 0 Å². The molecular weight excluding hydrogens is 380 g/mol. The SMILES string of the molecule is CCN(Cc1ccc(Cl)cc1)C(=O)c1ncoc1-c1ccc2c(c1)OCCO2. The number of aromatic nitrogens is 1. The molecule has 3 aromatic rings. The van der Waals surface area contributed by atoms with Crippen molar-refractivity contribution in [2.75, 3.05) is 19.8 Å². The van der Waals surface area contributed by atoms with E-state index in [2.05, 4.69) is 4.98 Å². The first kappa shape index (κ1) is 18.4. The van der Waals surface area contributed by atoms with Gasteiger partial charge in [0.25, 0.3) is 5.91 Å². The van der Waals surface area contributed by atoms with E-state index in [1.807, 2.05) is 43.3 Å². The number of hydrogen-bond acceptors (Lipinski definition) is 5. The van der Waals surface area contributed by atoms with Crippen molar-refractivity contribution in [3.05, 3.63) is 65.1 Å². The van der Waals surface area contributed by atoms with E-state index >= 15 is 0 Å². The molecule has 2 aromatic carbocycles. The van der Waals surface area contributed by atoms with Gasteiger partial charge in [0, 0.05) is 23.7 Å². The van der Waals surface area contributed by atoms with Gasteiger partial charge >= 0.3 is 0 Å². The molecule has 0 radical (unpaired) electrons. The van der Waals surface area contributed by atoms with Crippen molar-refractivity contribution in [1.29, 1.82) is 0 Å². The summed E-state index contributed by atoms with van der Waals surface area (Å²) < 4.78 is 16.7. The molecule has 1 aliphatic rings. The maximum Gasteiger partial charge on any atom is 0.276 e. The zero-order valence-electron chi connectivity index (χ0n) is 15.4. The number of oxazole rings is 1. The third kappa shape index (κ3) is 3.68. The Morgan fingerprint density at radius 3 is 2.61 bits per heavy atom. The summed E-state index contributed by atoms with van der Waals surface area (Å²) in [4.78, 5) is 19.0. The Bertz CT molecular complexity index is 984. The number of carbonyl (C=O) groups is 1. The van der Waals surface area contributed by atoms with Crippen LogP contribution in [0, 0.1) is 0 Å². The summed E-state index contributed by atoms with van der Waals surface area (Å²) in [6, 6.07) is 12.9. The highest BCUT2D eigenvalue weighted by Gasteiger charge is 2.24. The van der Waals surface area contributed by atoms with Crippen molar-refractivity contribution in [3.8, 4) is 22.8 Å². The molecule has 1 amide bonds. The van der Waals surface area contributed by atoms with E-state index in [4.69, 9.17) is 25.5 Å². The molecule has 0 saturated carbocycles. The lowest BCUT2D eigenvalue weighted by Gasteiger charge is -2.21. The second kappa shape index (κ2) is 7.94. The first-order valence-electron chi connectivity index (χ1n) is 9.03. The highest BCUT2D eigenvalue weighted by Crippen LogP contribution is 2.35. The fraction of sp³-hybridized carbons (Fsp3) is 0.238. The summed E-state index contributed by atoms with van der Waals surface area (Å²) in [6.07, 6.45) is 1.29. The minimum atomic E-state index is -0.198. The van der Waals surface area contributed by atoms with Crippen molar-refractivity contribution in [3.63, 3.8) is 0 Å². The van der Waals surface area contributed by atoms with E-state index in [1.54, 1.807) is 11.0 Å². The predicted octanol–water partition coefficient (Wildman–Crippen LogP) is 4.43. The molecule has 0 unspecified atom stereocenters. The van der Waals surface area contributed by atoms with Crippen molar-refractivity contribution in [1.82, 2.24) is 9.88 Å². The number of ether oxygens (including phenoxy) is 2. The standard InChI is InChI=1S/C21H19ClN2O4/c1-2-24(12-14-3-6-16(22)7-4-14)21(25)19-20(28-13-23-19)15-5-8-17-18(11-15)27-10-9-26-17/h3-8,11,13H,2,9-10,12H2,1H3. The van der Waals surface area contributed by atoms with Crippen molar-refractivity contribution < 1.29 is 18.7 Å². The molecule has 6 nitrogen and oxygen atoms in total. The van der Waals surface area contributed by atoms with Crippen LogP contribution in [0.5, 0.6) is 11.5 Å². The smallest absolute Gasteiger partial charge is 0.276 e. The Morgan fingerprint density at radius 1 is 1.11 bits per heavy atom. The van der Waals surface area contributed by atoms with Gasteiger partial charge < -0.3 is 18.8 Å². The number of hydrogen-bond donors (Lipinski definition) is 0. The zero-order valence-corrected chi connectivity index (χ0v) is 16.1. The van der Waals surface area contributed by atoms with E-state index in [0.29, 0.717) is 54.1 Å². The fourth-order valence-electron chi connectivity index (χ4n) is 3.08. The summed E-state index contributed by atoms with van der Waals surface area (Å²) in [6.45, 7) is 3.93. The third-order valence-electron chi connectivity index (χ3n) is 4.53. The molecule has 1 aromatic heterocycles. The Morgan fingerprint density at radius 2 is 1.86 bits per heavy atom. The highest BCUT2D eigenvalue weighted by molar-refractivity contribution is 6.30. The number of nitrogens with zero attached hydrogens (tertiary/aromatic N) is 2. The lowest BCUT2D eigenvalue weighted by molar-refractivity contribution is 0.0747. The van der Waals surface area contributed by atoms with Crippen LogP contribution < -0.4 is 9.47 Å². The second-order valence-electron chi connectivity index (χ2n) is 6.33. The van der Waals surface area contributed by atoms with Crippen molar-refractivity contribution >= 4 is 17.5 Å². The molecule has 0 saturated heterocycles. The van der Waals surface area contributed by atoms with Gasteiger partial charge in [-0.1, -0.05) is 23.7 Å². The van der Waals surface area contributed by atoms with Gasteiger partial charge in [-0.3, -0.25) is 4.79 Å². The van der Waals surface area contributed by atoms with Gasteiger partial charge in [-0.25, -0.2) is 4.98 Å². The minimum absolute atomic E-state index is 0.198. The van der Waals surface area contributed by atoms with E-state index in [-0.39, 0.29) is 11.6 Å². The average molecular weight is 399 g/mol. The summed E-state index contributed by atoms with van der Waals surface area (Å²) >= 11 is 5.94. The molecule has 0 spiro atoms. The number of benzene rings is 2. The van der Waals surface area contributed by atoms with Gasteiger partial charge in [0.2, 0.25) is 0 Å². The predicted molar refractivity (Wildman–Crippen MR) is 105 cm³/mol. The number of fused-ring (bicyclic) bond motifs is 1. The van der Waals surface area contributed by atoms with E-state index in [1.165, 1.54) is 6.39 Å². The van der Waals surface area contributed by atoms with Gasteiger partial charge in [-0.2, -0.15) is 0 Å². The summed E-state index contributed by atoms with van der Waals surface area (Å²) in [5.74, 6) is 1.53. The van der Waals surface area contributed by atoms with Gasteiger partial charge in [0.1, 0.15) is 13.2 Å². The number of rotatable bonds is 5. The van der Waals surface area contributed by atoms with Gasteiger partial charge in [0.05, 0.1) is 0 Å². The molecule has 28 heavy (non-hydrogen) atoms. The first-order chi connectivity index (χ1) is 13.7. The molecule has 4 rings (SSSR count). The molecule has 144 valence electrons. The molecule has 0 bridgehead atoms. The summed E-state index contributed by atoms with van der Waals surface area (Å²) in [7, 11) is 0. The fourth-order valence-corrected chi connectivity index (χ4v) is 3.20. The minimum Gasteiger partial charge on any atom is -0.486 e. The summed E-state index contributed by atoms with van der Waals surface area (Å²) in [5.41, 5.74) is 1.98. The van der Waals surface area contributed by atoms with Crippen LogP contribution in [0.1, 0.15) is 23.0 Å². The second-order valence-corrected chi connectivity index (χ2v) is 6.77. The molecule has 2 heterocycles. The Labute approximate surface area is 167 Å². The lowest BCUT2D eigenvalue weighted by atomic mass is 10.1. The maximum atomic E-state index is 13.1. The van der Waals surface area contributed by atoms with Gasteiger partial charge in [0.15, 0.2) is 29.3 Å². The van der Waals surface area contributed by atoms with E-state index in [0.717, 1.165) is 5.56 Å². The van der Waals surface area contributed by atoms with Gasteiger partial charge in [-0.15, -0.1) is 0 Å². The molecule has 0 fully saturated rings. The van der Waals surface area contributed by atoms with Crippen LogP contribution in [0.3, 0.4) is 0 Å². The molecule has 1 aliphatic heterocycles. The monoisotopic (exact) mass is 398 g/mol. The first-order valence-corrected chi connectivity index (χ1v) is 9.40. The van der Waals surface area contributed by atoms with Gasteiger partial charge in [-0.05, 0) is 42.8 Å². The molecule has 0 N–H and O–H groups in total. The van der Waals surface area contributed by atoms with Crippen LogP contribution in [0.15, 0.2) is 53.3 Å². The van der Waals surface area contributed by atoms with Crippen LogP contribution in [0.25, 0.3) is 11.3 Å². The zero-order chi connectivity index (χ0) is 19.5. The molecule has 7 heteroatoms. The van der Waals surface area contributed by atoms with Crippen LogP contribution in [0.4, 0.5) is 0 Å². The highest BCUT2D eigenvalue weighted by atomic mass is 35.5. The maximum absolute atomic E-state index is 13.1. The summed E-state index contributed by atoms with van der Waals surface area (Å²) in [5, 5.41) is 0.663. The average Bonchev–Trinajstić information content (AvgIpc) is 3.22. The van der Waals surface area contributed by atoms with Crippen LogP contribution in [-0.2, 0) is 6.54 Å². The normalized spacial score (nSPS) is 12.6. The van der Waals surface area contributed by atoms with Crippen molar-refractivity contribution in [2.45, 2.75) is 13.5 Å². The van der Waals surface area contributed by atoms with E-state index < -0.39 is 0 Å². The molecule has 0 aliphatic carbocycles. The van der Waals surface area contributed by atoms with Crippen LogP contribution in [-0.4, -0.2) is 35.5 Å². The lowest BCUT2D eigenvalue weighted by Crippen LogP contribution is -2.30.